The summed E-state index contributed by atoms with van der Waals surface area (Å²) in [5.41, 5.74) is -11.1. The molecule has 0 radical (unpaired) electrons. The van der Waals surface area contributed by atoms with Crippen molar-refractivity contribution in [2.24, 2.45) is 0 Å². The molecule has 0 saturated heterocycles. The Morgan fingerprint density at radius 2 is 1.39 bits per heavy atom. The van der Waals surface area contributed by atoms with E-state index in [1.165, 1.54) is 4.08 Å². The van der Waals surface area contributed by atoms with Gasteiger partial charge < -0.3 is 8.74 Å². The molecule has 0 bridgehead atoms. The predicted octanol–water partition coefficient (Wildman–Crippen LogP) is 2.45. The molecule has 1 aromatic carbocycles. The number of allylic oxidation sites excluding steroid dienone is 1. The van der Waals surface area contributed by atoms with Gasteiger partial charge in [0.15, 0.2) is 23.5 Å². The van der Waals surface area contributed by atoms with Crippen LogP contribution in [0.4, 0.5) is 26.3 Å². The second-order valence-corrected chi connectivity index (χ2v) is 11.8. The van der Waals surface area contributed by atoms with Crippen molar-refractivity contribution in [2.45, 2.75) is 62.9 Å². The van der Waals surface area contributed by atoms with Gasteiger partial charge in [-0.05, 0) is 18.6 Å². The van der Waals surface area contributed by atoms with Crippen LogP contribution in [0, 0.1) is 3.57 Å². The second kappa shape index (κ2) is 14.4. The molecule has 1 rings (SSSR count). The van der Waals surface area contributed by atoms with E-state index in [1.54, 1.807) is 0 Å². The van der Waals surface area contributed by atoms with E-state index in [1.807, 2.05) is 30.3 Å². The average Bonchev–Trinajstić information content (AvgIpc) is 2.67. The van der Waals surface area contributed by atoms with Gasteiger partial charge in [-0.25, -0.2) is 8.42 Å². The Bertz CT molecular complexity index is 929. The molecular formula is C18H23F6IO6S2. The van der Waals surface area contributed by atoms with Crippen LogP contribution in [-0.4, -0.2) is 32.4 Å². The molecular weight excluding hydrogens is 617 g/mol. The third kappa shape index (κ3) is 14.0. The molecule has 0 atom stereocenters. The smallest absolute Gasteiger partial charge is 0.534 e. The molecule has 0 spiro atoms. The lowest BCUT2D eigenvalue weighted by Gasteiger charge is -2.10. The van der Waals surface area contributed by atoms with E-state index < -0.39 is 52.5 Å². The molecule has 0 aliphatic carbocycles. The normalized spacial score (nSPS) is 13.3. The molecule has 0 saturated carbocycles. The quantitative estimate of drug-likeness (QED) is 0.0702. The largest absolute Gasteiger partial charge is 0.741 e. The molecule has 1 aromatic rings. The van der Waals surface area contributed by atoms with E-state index in [-0.39, 0.29) is 12.2 Å². The summed E-state index contributed by atoms with van der Waals surface area (Å²) >= 11 is -0.756. The van der Waals surface area contributed by atoms with Crippen LogP contribution >= 0.6 is 0 Å². The molecule has 0 aromatic heterocycles. The Morgan fingerprint density at radius 1 is 0.909 bits per heavy atom. The van der Waals surface area contributed by atoms with Gasteiger partial charge >= 0.3 is 42.3 Å². The maximum absolute atomic E-state index is 12.6. The van der Waals surface area contributed by atoms with Gasteiger partial charge in [0.05, 0.1) is 0 Å². The summed E-state index contributed by atoms with van der Waals surface area (Å²) in [4.78, 5) is 0. The van der Waals surface area contributed by atoms with Crippen molar-refractivity contribution in [3.8, 4) is 0 Å². The molecule has 0 unspecified atom stereocenters. The van der Waals surface area contributed by atoms with Crippen LogP contribution in [0.2, 0.25) is 0 Å². The molecule has 15 heteroatoms. The zero-order valence-corrected chi connectivity index (χ0v) is 21.1. The van der Waals surface area contributed by atoms with Crippen molar-refractivity contribution in [3.63, 3.8) is 0 Å². The molecule has 0 aliphatic rings. The van der Waals surface area contributed by atoms with Crippen LogP contribution in [0.5, 0.6) is 0 Å². The Labute approximate surface area is 199 Å². The number of rotatable bonds is 11. The van der Waals surface area contributed by atoms with Crippen LogP contribution in [0.3, 0.4) is 0 Å². The van der Waals surface area contributed by atoms with Crippen LogP contribution < -0.4 is 21.2 Å². The van der Waals surface area contributed by atoms with E-state index in [0.717, 1.165) is 35.7 Å². The van der Waals surface area contributed by atoms with E-state index in [4.69, 9.17) is 13.0 Å². The molecule has 33 heavy (non-hydrogen) atoms. The van der Waals surface area contributed by atoms with Crippen molar-refractivity contribution in [1.29, 1.82) is 0 Å². The number of halogens is 7. The van der Waals surface area contributed by atoms with Gasteiger partial charge in [-0.3, -0.25) is 0 Å². The van der Waals surface area contributed by atoms with Gasteiger partial charge in [0, 0.05) is 6.42 Å². The third-order valence-corrected chi connectivity index (χ3v) is 7.61. The maximum atomic E-state index is 12.6. The Hall–Kier alpha value is -1.07. The first-order chi connectivity index (χ1) is 15.0. The molecule has 0 aliphatic heterocycles. The highest BCUT2D eigenvalue weighted by atomic mass is 127. The number of hydrogen-bond donors (Lipinski definition) is 0. The summed E-state index contributed by atoms with van der Waals surface area (Å²) in [6.07, 6.45) is 5.96. The minimum absolute atomic E-state index is 0.0931. The van der Waals surface area contributed by atoms with E-state index in [0.29, 0.717) is 6.42 Å². The zero-order valence-electron chi connectivity index (χ0n) is 17.3. The summed E-state index contributed by atoms with van der Waals surface area (Å²) in [6, 6.07) is 9.25. The van der Waals surface area contributed by atoms with Crippen LogP contribution in [0.15, 0.2) is 40.2 Å². The minimum Gasteiger partial charge on any atom is -0.741 e. The van der Waals surface area contributed by atoms with E-state index in [2.05, 4.69) is 11.1 Å². The number of unbranched alkanes of at least 4 members (excludes halogenated alkanes) is 5. The maximum Gasteiger partial charge on any atom is 0.534 e. The topological polar surface area (TPSA) is 101 Å². The lowest BCUT2D eigenvalue weighted by molar-refractivity contribution is -0.558. The Morgan fingerprint density at radius 3 is 1.85 bits per heavy atom. The predicted molar refractivity (Wildman–Crippen MR) is 103 cm³/mol. The standard InChI is InChI=1S/C17H23F3IO3S.CHF3O3S/c1-2-3-4-5-6-10-13-16(24-25(22,23)17(18,19)20)14-21-15-11-8-7-9-12-15;2-1(3,4)8(5,6)7/h7-9,11-12,14H,2-6,10,13H2,1H3;(H,5,6,7)/q+1;/p-1/b16-14+;. The minimum atomic E-state index is -6.09. The second-order valence-electron chi connectivity index (χ2n) is 6.38. The fourth-order valence-electron chi connectivity index (χ4n) is 1.99. The average molecular weight is 640 g/mol. The highest BCUT2D eigenvalue weighted by Crippen LogP contribution is 2.27. The third-order valence-electron chi connectivity index (χ3n) is 3.60. The van der Waals surface area contributed by atoms with Crippen LogP contribution in [0.25, 0.3) is 0 Å². The van der Waals surface area contributed by atoms with E-state index >= 15 is 0 Å². The van der Waals surface area contributed by atoms with Crippen molar-refractivity contribution in [2.75, 3.05) is 0 Å². The van der Waals surface area contributed by atoms with Crippen molar-refractivity contribution in [1.82, 2.24) is 0 Å². The monoisotopic (exact) mass is 640 g/mol. The fourth-order valence-corrected chi connectivity index (χ4v) is 4.65. The van der Waals surface area contributed by atoms with E-state index in [9.17, 15) is 34.8 Å². The number of benzene rings is 1. The SMILES string of the molecule is CCCCCCCC/C(=C\[I+]c1ccccc1)OS(=O)(=O)C(F)(F)F.O=S(=O)([O-])C(F)(F)F. The molecule has 0 fully saturated rings. The molecule has 0 amide bonds. The first kappa shape index (κ1) is 31.9. The van der Waals surface area contributed by atoms with Gasteiger partial charge in [-0.15, -0.1) is 0 Å². The summed E-state index contributed by atoms with van der Waals surface area (Å²) in [5.74, 6) is -0.0931. The van der Waals surface area contributed by atoms with Gasteiger partial charge in [0.2, 0.25) is 0 Å². The Kier molecular flexibility index (Phi) is 13.9. The summed E-state index contributed by atoms with van der Waals surface area (Å²) in [6.45, 7) is 2.10. The molecule has 6 nitrogen and oxygen atoms in total. The lowest BCUT2D eigenvalue weighted by atomic mass is 10.1. The van der Waals surface area contributed by atoms with Crippen LogP contribution in [-0.2, 0) is 24.4 Å². The van der Waals surface area contributed by atoms with Crippen molar-refractivity contribution >= 4 is 20.2 Å². The summed E-state index contributed by atoms with van der Waals surface area (Å²) < 4.78 is 126. The van der Waals surface area contributed by atoms with Crippen LogP contribution in [0.1, 0.15) is 51.9 Å². The highest BCUT2D eigenvalue weighted by Gasteiger charge is 2.49. The first-order valence-electron chi connectivity index (χ1n) is 9.41. The van der Waals surface area contributed by atoms with Crippen molar-refractivity contribution in [3.05, 3.63) is 43.7 Å². The first-order valence-corrected chi connectivity index (χ1v) is 14.6. The Balaban J connectivity index is 0.00000109. The molecule has 0 heterocycles. The summed E-state index contributed by atoms with van der Waals surface area (Å²) in [7, 11) is -11.7. The van der Waals surface area contributed by atoms with Gasteiger partial charge in [0.1, 0.15) is 0 Å². The van der Waals surface area contributed by atoms with Gasteiger partial charge in [0.25, 0.3) is 0 Å². The zero-order chi connectivity index (χ0) is 25.8. The van der Waals surface area contributed by atoms with Gasteiger partial charge in [-0.2, -0.15) is 34.8 Å². The lowest BCUT2D eigenvalue weighted by Crippen LogP contribution is -3.59. The fraction of sp³-hybridized carbons (Fsp3) is 0.556. The molecule has 0 N–H and O–H groups in total. The highest BCUT2D eigenvalue weighted by molar-refractivity contribution is 7.87. The number of alkyl halides is 6. The molecule has 192 valence electrons. The van der Waals surface area contributed by atoms with Gasteiger partial charge in [-0.1, -0.05) is 57.2 Å². The van der Waals surface area contributed by atoms with Crippen molar-refractivity contribution < 1.29 is 73.1 Å². The summed E-state index contributed by atoms with van der Waals surface area (Å²) in [5, 5.41) is 0. The number of hydrogen-bond acceptors (Lipinski definition) is 6.